The first kappa shape index (κ1) is 15.1. The number of hydrogen-bond donors (Lipinski definition) is 1. The van der Waals surface area contributed by atoms with E-state index in [1.54, 1.807) is 4.90 Å². The van der Waals surface area contributed by atoms with Crippen LogP contribution in [-0.2, 0) is 9.53 Å². The third-order valence-electron chi connectivity index (χ3n) is 4.16. The average molecular weight is 284 g/mol. The van der Waals surface area contributed by atoms with Crippen LogP contribution in [0.1, 0.15) is 39.5 Å². The van der Waals surface area contributed by atoms with Crippen molar-refractivity contribution in [3.8, 4) is 0 Å². The lowest BCUT2D eigenvalue weighted by atomic mass is 10.1. The Balaban J connectivity index is 2.04. The topological polar surface area (TPSA) is 70.1 Å². The molecule has 114 valence electrons. The predicted molar refractivity (Wildman–Crippen MR) is 73.6 cm³/mol. The molecule has 0 aromatic carbocycles. The third-order valence-corrected chi connectivity index (χ3v) is 4.16. The summed E-state index contributed by atoms with van der Waals surface area (Å²) in [5.74, 6) is -0.871. The van der Waals surface area contributed by atoms with Gasteiger partial charge < -0.3 is 19.6 Å². The van der Waals surface area contributed by atoms with Crippen LogP contribution in [-0.4, -0.2) is 64.8 Å². The first-order valence-electron chi connectivity index (χ1n) is 7.41. The van der Waals surface area contributed by atoms with Crippen molar-refractivity contribution in [1.29, 1.82) is 0 Å². The Morgan fingerprint density at radius 1 is 1.40 bits per heavy atom. The van der Waals surface area contributed by atoms with E-state index in [-0.39, 0.29) is 37.2 Å². The molecule has 6 heteroatoms. The van der Waals surface area contributed by atoms with Crippen LogP contribution in [0.25, 0.3) is 0 Å². The monoisotopic (exact) mass is 284 g/mol. The molecule has 6 nitrogen and oxygen atoms in total. The van der Waals surface area contributed by atoms with Gasteiger partial charge >= 0.3 is 12.0 Å². The molecule has 0 spiro atoms. The number of carbonyl (C=O) groups is 2. The lowest BCUT2D eigenvalue weighted by Gasteiger charge is -2.41. The Bertz CT molecular complexity index is 372. The van der Waals surface area contributed by atoms with Crippen LogP contribution < -0.4 is 0 Å². The minimum atomic E-state index is -0.871. The first-order valence-corrected chi connectivity index (χ1v) is 7.41. The third kappa shape index (κ3) is 3.23. The zero-order valence-corrected chi connectivity index (χ0v) is 12.2. The van der Waals surface area contributed by atoms with Crippen molar-refractivity contribution in [1.82, 2.24) is 9.80 Å². The molecule has 1 aliphatic carbocycles. The van der Waals surface area contributed by atoms with Gasteiger partial charge in [0, 0.05) is 19.1 Å². The van der Waals surface area contributed by atoms with Crippen molar-refractivity contribution in [2.75, 3.05) is 19.7 Å². The van der Waals surface area contributed by atoms with Crippen LogP contribution in [0.3, 0.4) is 0 Å². The van der Waals surface area contributed by atoms with E-state index in [4.69, 9.17) is 9.84 Å². The van der Waals surface area contributed by atoms with Gasteiger partial charge in [-0.25, -0.2) is 4.79 Å². The number of amides is 2. The highest BCUT2D eigenvalue weighted by Crippen LogP contribution is 2.30. The Kier molecular flexibility index (Phi) is 4.86. The lowest BCUT2D eigenvalue weighted by molar-refractivity contribution is -0.137. The van der Waals surface area contributed by atoms with E-state index in [2.05, 4.69) is 0 Å². The quantitative estimate of drug-likeness (QED) is 0.850. The molecule has 2 rings (SSSR count). The largest absolute Gasteiger partial charge is 0.481 e. The molecule has 2 unspecified atom stereocenters. The van der Waals surface area contributed by atoms with E-state index < -0.39 is 5.97 Å². The number of hydrogen-bond acceptors (Lipinski definition) is 3. The van der Waals surface area contributed by atoms with Crippen LogP contribution in [0.2, 0.25) is 0 Å². The van der Waals surface area contributed by atoms with Crippen molar-refractivity contribution in [2.45, 2.75) is 57.7 Å². The van der Waals surface area contributed by atoms with E-state index in [9.17, 15) is 9.59 Å². The maximum absolute atomic E-state index is 12.7. The van der Waals surface area contributed by atoms with E-state index in [0.29, 0.717) is 13.2 Å². The normalized spacial score (nSPS) is 25.6. The number of ether oxygens (including phenoxy) is 1. The number of carboxylic acids is 1. The van der Waals surface area contributed by atoms with Crippen LogP contribution in [0, 0.1) is 0 Å². The summed E-state index contributed by atoms with van der Waals surface area (Å²) in [7, 11) is 0. The van der Waals surface area contributed by atoms with Gasteiger partial charge in [0.25, 0.3) is 0 Å². The van der Waals surface area contributed by atoms with E-state index in [0.717, 1.165) is 19.3 Å². The van der Waals surface area contributed by atoms with E-state index in [1.807, 2.05) is 18.7 Å². The van der Waals surface area contributed by atoms with Crippen molar-refractivity contribution in [3.05, 3.63) is 0 Å². The van der Waals surface area contributed by atoms with Gasteiger partial charge in [0.05, 0.1) is 25.2 Å². The van der Waals surface area contributed by atoms with E-state index >= 15 is 0 Å². The van der Waals surface area contributed by atoms with Crippen molar-refractivity contribution >= 4 is 12.0 Å². The number of morpholine rings is 1. The molecule has 1 saturated heterocycles. The highest BCUT2D eigenvalue weighted by atomic mass is 16.5. The zero-order chi connectivity index (χ0) is 14.7. The van der Waals surface area contributed by atoms with Gasteiger partial charge in [-0.3, -0.25) is 4.79 Å². The fraction of sp³-hybridized carbons (Fsp3) is 0.857. The summed E-state index contributed by atoms with van der Waals surface area (Å²) in [6.45, 7) is 5.30. The Hall–Kier alpha value is -1.30. The van der Waals surface area contributed by atoms with Gasteiger partial charge in [-0.15, -0.1) is 0 Å². The molecule has 1 saturated carbocycles. The second-order valence-corrected chi connectivity index (χ2v) is 5.81. The van der Waals surface area contributed by atoms with Crippen LogP contribution in [0.4, 0.5) is 4.79 Å². The first-order chi connectivity index (χ1) is 9.50. The number of urea groups is 1. The number of carboxylic acid groups (broad SMARTS) is 1. The molecular formula is C14H24N2O4. The molecule has 1 heterocycles. The summed E-state index contributed by atoms with van der Waals surface area (Å²) >= 11 is 0. The maximum atomic E-state index is 12.7. The van der Waals surface area contributed by atoms with Gasteiger partial charge in [-0.05, 0) is 33.1 Å². The van der Waals surface area contributed by atoms with Gasteiger partial charge in [-0.1, -0.05) is 0 Å². The number of carbonyl (C=O) groups excluding carboxylic acids is 1. The standard InChI is InChI=1S/C14H24N2O4/c1-10(2)15(7-6-13(17)18)14(19)16-8-9-20-12-5-3-4-11(12)16/h10-12H,3-9H2,1-2H3,(H,17,18). The van der Waals surface area contributed by atoms with Gasteiger partial charge in [0.2, 0.25) is 0 Å². The fourth-order valence-corrected chi connectivity index (χ4v) is 3.12. The summed E-state index contributed by atoms with van der Waals surface area (Å²) < 4.78 is 5.71. The summed E-state index contributed by atoms with van der Waals surface area (Å²) in [5, 5.41) is 8.81. The maximum Gasteiger partial charge on any atom is 0.320 e. The summed E-state index contributed by atoms with van der Waals surface area (Å²) in [6.07, 6.45) is 3.26. The molecule has 2 aliphatic rings. The SMILES string of the molecule is CC(C)N(CCC(=O)O)C(=O)N1CCOC2CCCC21. The summed E-state index contributed by atoms with van der Waals surface area (Å²) in [4.78, 5) is 27.0. The molecule has 0 bridgehead atoms. The van der Waals surface area contributed by atoms with Gasteiger partial charge in [0.15, 0.2) is 0 Å². The van der Waals surface area contributed by atoms with Crippen LogP contribution in [0.5, 0.6) is 0 Å². The van der Waals surface area contributed by atoms with Crippen molar-refractivity contribution in [3.63, 3.8) is 0 Å². The van der Waals surface area contributed by atoms with E-state index in [1.165, 1.54) is 0 Å². The minimum absolute atomic E-state index is 0.00421. The molecule has 0 aromatic heterocycles. The highest BCUT2D eigenvalue weighted by molar-refractivity contribution is 5.76. The predicted octanol–water partition coefficient (Wildman–Crippen LogP) is 1.54. The van der Waals surface area contributed by atoms with Crippen LogP contribution >= 0.6 is 0 Å². The average Bonchev–Trinajstić information content (AvgIpc) is 2.85. The Labute approximate surface area is 119 Å². The molecule has 0 radical (unpaired) electrons. The lowest BCUT2D eigenvalue weighted by Crippen LogP contribution is -2.56. The molecule has 2 atom stereocenters. The van der Waals surface area contributed by atoms with Crippen molar-refractivity contribution < 1.29 is 19.4 Å². The number of fused-ring (bicyclic) bond motifs is 1. The second kappa shape index (κ2) is 6.43. The molecule has 1 aliphatic heterocycles. The Morgan fingerprint density at radius 2 is 2.15 bits per heavy atom. The summed E-state index contributed by atoms with van der Waals surface area (Å²) in [5.41, 5.74) is 0. The number of nitrogens with zero attached hydrogens (tertiary/aromatic N) is 2. The van der Waals surface area contributed by atoms with Gasteiger partial charge in [0.1, 0.15) is 0 Å². The van der Waals surface area contributed by atoms with Gasteiger partial charge in [-0.2, -0.15) is 0 Å². The molecule has 2 amide bonds. The molecule has 2 fully saturated rings. The molecule has 0 aromatic rings. The molecular weight excluding hydrogens is 260 g/mol. The van der Waals surface area contributed by atoms with Crippen LogP contribution in [0.15, 0.2) is 0 Å². The number of aliphatic carboxylic acids is 1. The smallest absolute Gasteiger partial charge is 0.320 e. The summed E-state index contributed by atoms with van der Waals surface area (Å²) in [6, 6.07) is 0.133. The molecule has 1 N–H and O–H groups in total. The molecule has 20 heavy (non-hydrogen) atoms. The fourth-order valence-electron chi connectivity index (χ4n) is 3.12. The minimum Gasteiger partial charge on any atom is -0.481 e. The number of rotatable bonds is 4. The Morgan fingerprint density at radius 3 is 2.80 bits per heavy atom. The highest BCUT2D eigenvalue weighted by Gasteiger charge is 2.40. The second-order valence-electron chi connectivity index (χ2n) is 5.81. The van der Waals surface area contributed by atoms with Crippen molar-refractivity contribution in [2.24, 2.45) is 0 Å². The zero-order valence-electron chi connectivity index (χ0n) is 12.2.